The molecule has 0 aromatic carbocycles. The van der Waals surface area contributed by atoms with Crippen molar-refractivity contribution in [3.8, 4) is 0 Å². The molecule has 0 aromatic heterocycles. The Labute approximate surface area is 133 Å². The van der Waals surface area contributed by atoms with Crippen molar-refractivity contribution in [2.75, 3.05) is 6.54 Å². The Kier molecular flexibility index (Phi) is 4.29. The summed E-state index contributed by atoms with van der Waals surface area (Å²) in [6, 6.07) is 0. The minimum Gasteiger partial charge on any atom is -0.404 e. The summed E-state index contributed by atoms with van der Waals surface area (Å²) in [7, 11) is -0.331. The summed E-state index contributed by atoms with van der Waals surface area (Å²) in [4.78, 5) is 11.7. The number of hydrogen-bond donors (Lipinski definition) is 2. The average Bonchev–Trinajstić information content (AvgIpc) is 2.89. The fourth-order valence-electron chi connectivity index (χ4n) is 4.56. The first-order chi connectivity index (χ1) is 10.3. The third-order valence-electron chi connectivity index (χ3n) is 6.01. The van der Waals surface area contributed by atoms with Gasteiger partial charge in [0.15, 0.2) is 0 Å². The summed E-state index contributed by atoms with van der Waals surface area (Å²) in [5.74, 6) is 1.55. The van der Waals surface area contributed by atoms with Crippen molar-refractivity contribution in [2.45, 2.75) is 65.1 Å². The van der Waals surface area contributed by atoms with Gasteiger partial charge in [-0.2, -0.15) is 0 Å². The number of nitrogens with one attached hydrogen (secondary N) is 1. The number of amides is 1. The molecule has 0 radical (unpaired) electrons. The molecule has 5 nitrogen and oxygen atoms in total. The molecule has 124 valence electrons. The van der Waals surface area contributed by atoms with Crippen LogP contribution in [0.25, 0.3) is 0 Å². The molecule has 3 aliphatic carbocycles. The molecule has 22 heavy (non-hydrogen) atoms. The van der Waals surface area contributed by atoms with Crippen molar-refractivity contribution in [2.24, 2.45) is 28.9 Å². The molecule has 5 atom stereocenters. The molecule has 6 heteroatoms. The predicted octanol–water partition coefficient (Wildman–Crippen LogP) is 1.35. The minimum atomic E-state index is -0.331. The topological polar surface area (TPSA) is 73.6 Å². The van der Waals surface area contributed by atoms with Crippen LogP contribution in [0.5, 0.6) is 0 Å². The first-order valence-electron chi connectivity index (χ1n) is 8.63. The third-order valence-corrected chi connectivity index (χ3v) is 6.01. The lowest BCUT2D eigenvalue weighted by molar-refractivity contribution is -0.150. The van der Waals surface area contributed by atoms with Gasteiger partial charge in [-0.3, -0.25) is 4.79 Å². The SMILES string of the molecule is CC(C)C[C@H](NC(=O)CN)B1O[C@@H]2C[C@@H]3CC([C@@H]2O1)C3(C)C. The Bertz CT molecular complexity index is 443. The Hall–Kier alpha value is -0.585. The van der Waals surface area contributed by atoms with Gasteiger partial charge in [0.25, 0.3) is 0 Å². The van der Waals surface area contributed by atoms with E-state index >= 15 is 0 Å². The van der Waals surface area contributed by atoms with E-state index in [1.807, 2.05) is 0 Å². The van der Waals surface area contributed by atoms with E-state index in [-0.39, 0.29) is 37.7 Å². The van der Waals surface area contributed by atoms with E-state index in [1.165, 1.54) is 6.42 Å². The van der Waals surface area contributed by atoms with E-state index in [0.717, 1.165) is 18.8 Å². The highest BCUT2D eigenvalue weighted by molar-refractivity contribution is 6.47. The second-order valence-electron chi connectivity index (χ2n) is 8.25. The van der Waals surface area contributed by atoms with Crippen LogP contribution in [0.2, 0.25) is 0 Å². The van der Waals surface area contributed by atoms with E-state index in [2.05, 4.69) is 33.0 Å². The van der Waals surface area contributed by atoms with Gasteiger partial charge in [-0.1, -0.05) is 27.7 Å². The molecule has 3 N–H and O–H groups in total. The largest absolute Gasteiger partial charge is 0.481 e. The van der Waals surface area contributed by atoms with E-state index in [4.69, 9.17) is 15.0 Å². The van der Waals surface area contributed by atoms with Crippen molar-refractivity contribution in [1.29, 1.82) is 0 Å². The van der Waals surface area contributed by atoms with Gasteiger partial charge in [0.1, 0.15) is 0 Å². The van der Waals surface area contributed by atoms with Crippen molar-refractivity contribution in [1.82, 2.24) is 5.32 Å². The maximum Gasteiger partial charge on any atom is 0.481 e. The first kappa shape index (κ1) is 16.3. The van der Waals surface area contributed by atoms with Crippen molar-refractivity contribution >= 4 is 13.0 Å². The minimum absolute atomic E-state index is 0.00586. The summed E-state index contributed by atoms with van der Waals surface area (Å²) in [5.41, 5.74) is 5.81. The number of carbonyl (C=O) groups excluding carboxylic acids is 1. The number of hydrogen-bond acceptors (Lipinski definition) is 4. The zero-order valence-electron chi connectivity index (χ0n) is 14.2. The predicted molar refractivity (Wildman–Crippen MR) is 85.9 cm³/mol. The van der Waals surface area contributed by atoms with Gasteiger partial charge in [-0.05, 0) is 42.4 Å². The number of carbonyl (C=O) groups is 1. The highest BCUT2D eigenvalue weighted by Crippen LogP contribution is 2.61. The molecule has 1 amide bonds. The van der Waals surface area contributed by atoms with Crippen molar-refractivity contribution in [3.63, 3.8) is 0 Å². The lowest BCUT2D eigenvalue weighted by atomic mass is 9.47. The molecule has 0 spiro atoms. The van der Waals surface area contributed by atoms with Gasteiger partial charge >= 0.3 is 7.12 Å². The molecule has 0 aromatic rings. The van der Waals surface area contributed by atoms with Gasteiger partial charge in [0, 0.05) is 0 Å². The lowest BCUT2D eigenvalue weighted by Crippen LogP contribution is -2.59. The smallest absolute Gasteiger partial charge is 0.404 e. The van der Waals surface area contributed by atoms with Crippen LogP contribution < -0.4 is 11.1 Å². The number of rotatable bonds is 5. The van der Waals surface area contributed by atoms with Crippen LogP contribution in [0.1, 0.15) is 47.0 Å². The second-order valence-corrected chi connectivity index (χ2v) is 8.25. The molecule has 1 heterocycles. The van der Waals surface area contributed by atoms with Crippen LogP contribution in [0.3, 0.4) is 0 Å². The van der Waals surface area contributed by atoms with Crippen LogP contribution in [-0.2, 0) is 14.1 Å². The van der Waals surface area contributed by atoms with Crippen molar-refractivity contribution < 1.29 is 14.1 Å². The Morgan fingerprint density at radius 3 is 2.68 bits per heavy atom. The van der Waals surface area contributed by atoms with E-state index in [1.54, 1.807) is 0 Å². The van der Waals surface area contributed by atoms with Crippen LogP contribution in [-0.4, -0.2) is 37.7 Å². The van der Waals surface area contributed by atoms with Crippen LogP contribution >= 0.6 is 0 Å². The van der Waals surface area contributed by atoms with Crippen LogP contribution in [0, 0.1) is 23.2 Å². The Balaban J connectivity index is 1.68. The summed E-state index contributed by atoms with van der Waals surface area (Å²) < 4.78 is 12.5. The summed E-state index contributed by atoms with van der Waals surface area (Å²) in [5, 5.41) is 2.98. The molecule has 1 saturated heterocycles. The van der Waals surface area contributed by atoms with Gasteiger partial charge in [0.05, 0.1) is 24.7 Å². The highest BCUT2D eigenvalue weighted by atomic mass is 16.7. The molecule has 1 aliphatic heterocycles. The molecule has 1 unspecified atom stereocenters. The maximum absolute atomic E-state index is 11.7. The fourth-order valence-corrected chi connectivity index (χ4v) is 4.56. The molecule has 4 aliphatic rings. The zero-order valence-corrected chi connectivity index (χ0v) is 14.2. The van der Waals surface area contributed by atoms with Gasteiger partial charge in [-0.15, -0.1) is 0 Å². The maximum atomic E-state index is 11.7. The Morgan fingerprint density at radius 2 is 2.09 bits per heavy atom. The molecule has 2 bridgehead atoms. The summed E-state index contributed by atoms with van der Waals surface area (Å²) in [6.07, 6.45) is 3.58. The quantitative estimate of drug-likeness (QED) is 0.752. The van der Waals surface area contributed by atoms with E-state index < -0.39 is 0 Å². The normalized spacial score (nSPS) is 36.7. The van der Waals surface area contributed by atoms with Gasteiger partial charge < -0.3 is 20.4 Å². The monoisotopic (exact) mass is 308 g/mol. The van der Waals surface area contributed by atoms with Gasteiger partial charge in [-0.25, -0.2) is 0 Å². The molecule has 4 fully saturated rings. The summed E-state index contributed by atoms with van der Waals surface area (Å²) in [6.45, 7) is 8.99. The highest BCUT2D eigenvalue weighted by Gasteiger charge is 2.62. The second kappa shape index (κ2) is 5.80. The third kappa shape index (κ3) is 2.70. The first-order valence-corrected chi connectivity index (χ1v) is 8.63. The molecular weight excluding hydrogens is 279 g/mol. The van der Waals surface area contributed by atoms with Crippen LogP contribution in [0.4, 0.5) is 0 Å². The Morgan fingerprint density at radius 1 is 1.36 bits per heavy atom. The molecule has 4 rings (SSSR count). The lowest BCUT2D eigenvalue weighted by Gasteiger charge is -2.60. The van der Waals surface area contributed by atoms with E-state index in [0.29, 0.717) is 17.3 Å². The standard InChI is InChI=1S/C16H29BN2O3/c1-9(2)5-13(19-14(20)8-18)17-21-12-7-10-6-11(15(12)22-17)16(10,3)4/h9-13,15H,5-8,18H2,1-4H3,(H,19,20)/t10-,11?,12+,13-,15-/m0/s1. The van der Waals surface area contributed by atoms with Gasteiger partial charge in [0.2, 0.25) is 5.91 Å². The summed E-state index contributed by atoms with van der Waals surface area (Å²) >= 11 is 0. The van der Waals surface area contributed by atoms with Crippen LogP contribution in [0.15, 0.2) is 0 Å². The van der Waals surface area contributed by atoms with Crippen molar-refractivity contribution in [3.05, 3.63) is 0 Å². The molecular formula is C16H29BN2O3. The molecule has 3 saturated carbocycles. The zero-order chi connectivity index (χ0) is 16.1. The fraction of sp³-hybridized carbons (Fsp3) is 0.938. The number of nitrogens with two attached hydrogens (primary N) is 1. The van der Waals surface area contributed by atoms with E-state index in [9.17, 15) is 4.79 Å². The average molecular weight is 308 g/mol.